The Labute approximate surface area is 195 Å². The molecule has 0 bridgehead atoms. The van der Waals surface area contributed by atoms with Gasteiger partial charge in [-0.2, -0.15) is 5.10 Å². The van der Waals surface area contributed by atoms with Crippen molar-refractivity contribution in [2.75, 3.05) is 0 Å². The van der Waals surface area contributed by atoms with Crippen molar-refractivity contribution in [2.45, 2.75) is 46.3 Å². The van der Waals surface area contributed by atoms with Gasteiger partial charge in [-0.1, -0.05) is 45.0 Å². The van der Waals surface area contributed by atoms with Crippen LogP contribution < -0.4 is 10.6 Å². The molecule has 0 radical (unpaired) electrons. The minimum Gasteiger partial charge on any atom is -0.480 e. The zero-order valence-electron chi connectivity index (χ0n) is 19.2. The van der Waals surface area contributed by atoms with Crippen LogP contribution in [0.4, 0.5) is 8.78 Å². The number of nitrogens with zero attached hydrogens (tertiary/aromatic N) is 2. The third-order valence-electron chi connectivity index (χ3n) is 5.31. The topological polar surface area (TPSA) is 113 Å². The van der Waals surface area contributed by atoms with E-state index in [1.54, 1.807) is 26.8 Å². The second-order valence-electron chi connectivity index (χ2n) is 9.11. The van der Waals surface area contributed by atoms with Crippen LogP contribution in [-0.4, -0.2) is 44.8 Å². The molecule has 0 fully saturated rings. The Hall–Kier alpha value is -3.82. The van der Waals surface area contributed by atoms with E-state index in [0.717, 1.165) is 0 Å². The minimum absolute atomic E-state index is 0.0876. The first-order valence-corrected chi connectivity index (χ1v) is 10.6. The highest BCUT2D eigenvalue weighted by Crippen LogP contribution is 2.25. The lowest BCUT2D eigenvalue weighted by atomic mass is 9.85. The fourth-order valence-corrected chi connectivity index (χ4v) is 3.47. The van der Waals surface area contributed by atoms with Gasteiger partial charge in [-0.15, -0.1) is 0 Å². The number of aromatic nitrogens is 2. The van der Waals surface area contributed by atoms with Gasteiger partial charge in [-0.05, 0) is 36.1 Å². The number of aliphatic carboxylic acids is 1. The van der Waals surface area contributed by atoms with Crippen molar-refractivity contribution in [1.82, 2.24) is 20.4 Å². The summed E-state index contributed by atoms with van der Waals surface area (Å²) in [6.45, 7) is 6.55. The number of nitrogens with one attached hydrogen (secondary N) is 2. The number of para-hydroxylation sites is 1. The summed E-state index contributed by atoms with van der Waals surface area (Å²) in [5.41, 5.74) is -0.121. The van der Waals surface area contributed by atoms with Crippen LogP contribution in [0.5, 0.6) is 0 Å². The van der Waals surface area contributed by atoms with E-state index in [9.17, 15) is 23.2 Å². The molecule has 1 heterocycles. The molecule has 0 unspecified atom stereocenters. The van der Waals surface area contributed by atoms with Crippen molar-refractivity contribution in [2.24, 2.45) is 5.41 Å². The molecule has 34 heavy (non-hydrogen) atoms. The number of benzene rings is 2. The molecule has 2 aromatic carbocycles. The van der Waals surface area contributed by atoms with Gasteiger partial charge in [0.25, 0.3) is 5.91 Å². The van der Waals surface area contributed by atoms with Crippen LogP contribution in [0.15, 0.2) is 42.5 Å². The fraction of sp³-hybridized carbons (Fsp3) is 0.333. The molecular formula is C24H26F2N4O4. The second kappa shape index (κ2) is 9.58. The summed E-state index contributed by atoms with van der Waals surface area (Å²) < 4.78 is 29.3. The first kappa shape index (κ1) is 24.8. The first-order valence-electron chi connectivity index (χ1n) is 10.6. The van der Waals surface area contributed by atoms with Crippen LogP contribution in [0.1, 0.15) is 43.7 Å². The van der Waals surface area contributed by atoms with Gasteiger partial charge in [-0.25, -0.2) is 8.78 Å². The van der Waals surface area contributed by atoms with Crippen LogP contribution in [0, 0.1) is 17.0 Å². The van der Waals surface area contributed by atoms with E-state index >= 15 is 0 Å². The Morgan fingerprint density at radius 3 is 2.29 bits per heavy atom. The quantitative estimate of drug-likeness (QED) is 0.489. The van der Waals surface area contributed by atoms with Gasteiger partial charge in [0.15, 0.2) is 5.69 Å². The number of fused-ring (bicyclic) bond motifs is 1. The summed E-state index contributed by atoms with van der Waals surface area (Å²) >= 11 is 0. The number of carboxylic acids is 1. The molecule has 2 atom stereocenters. The van der Waals surface area contributed by atoms with E-state index in [4.69, 9.17) is 5.11 Å². The van der Waals surface area contributed by atoms with Gasteiger partial charge in [-0.3, -0.25) is 19.1 Å². The molecule has 8 nitrogen and oxygen atoms in total. The van der Waals surface area contributed by atoms with E-state index in [1.165, 1.54) is 48.0 Å². The second-order valence-corrected chi connectivity index (χ2v) is 9.11. The van der Waals surface area contributed by atoms with Crippen LogP contribution in [0.2, 0.25) is 0 Å². The van der Waals surface area contributed by atoms with Crippen LogP contribution in [0.25, 0.3) is 10.9 Å². The molecule has 180 valence electrons. The lowest BCUT2D eigenvalue weighted by Crippen LogP contribution is -2.56. The number of carbonyl (C=O) groups is 3. The molecule has 0 saturated carbocycles. The van der Waals surface area contributed by atoms with Gasteiger partial charge in [0, 0.05) is 5.39 Å². The summed E-state index contributed by atoms with van der Waals surface area (Å²) in [5, 5.41) is 18.6. The van der Waals surface area contributed by atoms with E-state index in [0.29, 0.717) is 5.56 Å². The first-order chi connectivity index (χ1) is 15.9. The monoisotopic (exact) mass is 472 g/mol. The Bertz CT molecular complexity index is 1230. The number of hydrogen-bond donors (Lipinski definition) is 3. The highest BCUT2D eigenvalue weighted by molar-refractivity contribution is 6.06. The molecule has 2 amide bonds. The Kier molecular flexibility index (Phi) is 6.99. The summed E-state index contributed by atoms with van der Waals surface area (Å²) in [5.74, 6) is -3.60. The molecule has 0 spiro atoms. The van der Waals surface area contributed by atoms with Crippen LogP contribution in [0.3, 0.4) is 0 Å². The van der Waals surface area contributed by atoms with Crippen molar-refractivity contribution in [3.05, 3.63) is 65.4 Å². The normalized spacial score (nSPS) is 13.4. The van der Waals surface area contributed by atoms with Gasteiger partial charge in [0.05, 0.1) is 6.54 Å². The standard InChI is InChI=1S/C24H26F2N4O4/c1-13(23(33)34)27-22(32)20(24(2,3)4)28-21(31)18-16-6-5-7-17(26)19(16)30(29-18)12-14-8-10-15(25)11-9-14/h5-11,13,20H,12H2,1-4H3,(H,27,32)(H,28,31)(H,33,34)/t13-,20-/m1/s1. The van der Waals surface area contributed by atoms with Crippen LogP contribution >= 0.6 is 0 Å². The largest absolute Gasteiger partial charge is 0.480 e. The third-order valence-corrected chi connectivity index (χ3v) is 5.31. The van der Waals surface area contributed by atoms with Crippen molar-refractivity contribution in [3.63, 3.8) is 0 Å². The average molecular weight is 472 g/mol. The maximum atomic E-state index is 14.7. The molecule has 0 saturated heterocycles. The predicted octanol–water partition coefficient (Wildman–Crippen LogP) is 3.10. The predicted molar refractivity (Wildman–Crippen MR) is 121 cm³/mol. The summed E-state index contributed by atoms with van der Waals surface area (Å²) in [6, 6.07) is 7.60. The summed E-state index contributed by atoms with van der Waals surface area (Å²) in [4.78, 5) is 37.1. The number of hydrogen-bond acceptors (Lipinski definition) is 4. The highest BCUT2D eigenvalue weighted by Gasteiger charge is 2.35. The van der Waals surface area contributed by atoms with Gasteiger partial charge in [0.2, 0.25) is 5.91 Å². The zero-order valence-corrected chi connectivity index (χ0v) is 19.2. The van der Waals surface area contributed by atoms with Gasteiger partial charge in [0.1, 0.15) is 29.2 Å². The lowest BCUT2D eigenvalue weighted by molar-refractivity contribution is -0.142. The number of rotatable bonds is 7. The molecule has 3 rings (SSSR count). The molecular weight excluding hydrogens is 446 g/mol. The van der Waals surface area contributed by atoms with Crippen molar-refractivity contribution < 1.29 is 28.3 Å². The molecule has 0 aliphatic rings. The van der Waals surface area contributed by atoms with Gasteiger partial charge < -0.3 is 15.7 Å². The van der Waals surface area contributed by atoms with E-state index in [2.05, 4.69) is 15.7 Å². The Morgan fingerprint density at radius 1 is 1.06 bits per heavy atom. The molecule has 0 aliphatic heterocycles. The molecule has 0 aliphatic carbocycles. The Balaban J connectivity index is 1.96. The maximum Gasteiger partial charge on any atom is 0.325 e. The SMILES string of the molecule is C[C@@H](NC(=O)[C@@H](NC(=O)c1nn(Cc2ccc(F)cc2)c2c(F)cccc12)C(C)(C)C)C(=O)O. The van der Waals surface area contributed by atoms with Crippen molar-refractivity contribution >= 4 is 28.7 Å². The van der Waals surface area contributed by atoms with Crippen molar-refractivity contribution in [3.8, 4) is 0 Å². The molecule has 3 aromatic rings. The van der Waals surface area contributed by atoms with Crippen molar-refractivity contribution in [1.29, 1.82) is 0 Å². The summed E-state index contributed by atoms with van der Waals surface area (Å²) in [6.07, 6.45) is 0. The average Bonchev–Trinajstić information content (AvgIpc) is 3.12. The van der Waals surface area contributed by atoms with E-state index in [1.807, 2.05) is 0 Å². The number of carboxylic acid groups (broad SMARTS) is 1. The molecule has 3 N–H and O–H groups in total. The number of amides is 2. The zero-order chi connectivity index (χ0) is 25.2. The minimum atomic E-state index is -1.21. The van der Waals surface area contributed by atoms with Crippen LogP contribution in [-0.2, 0) is 16.1 Å². The highest BCUT2D eigenvalue weighted by atomic mass is 19.1. The number of carbonyl (C=O) groups excluding carboxylic acids is 2. The molecule has 10 heteroatoms. The van der Waals surface area contributed by atoms with E-state index in [-0.39, 0.29) is 23.1 Å². The summed E-state index contributed by atoms with van der Waals surface area (Å²) in [7, 11) is 0. The molecule has 1 aromatic heterocycles. The van der Waals surface area contributed by atoms with Gasteiger partial charge >= 0.3 is 5.97 Å². The van der Waals surface area contributed by atoms with E-state index < -0.39 is 46.9 Å². The lowest BCUT2D eigenvalue weighted by Gasteiger charge is -2.30. The smallest absolute Gasteiger partial charge is 0.325 e. The fourth-order valence-electron chi connectivity index (χ4n) is 3.47. The Morgan fingerprint density at radius 2 is 1.71 bits per heavy atom. The maximum absolute atomic E-state index is 14.7. The number of halogens is 2. The third kappa shape index (κ3) is 5.38.